The van der Waals surface area contributed by atoms with Crippen LogP contribution >= 0.6 is 0 Å². The van der Waals surface area contributed by atoms with Gasteiger partial charge in [-0.15, -0.1) is 0 Å². The first-order chi connectivity index (χ1) is 17.8. The maximum Gasteiger partial charge on any atom is 0.414 e. The van der Waals surface area contributed by atoms with Crippen LogP contribution in [-0.4, -0.2) is 52.3 Å². The van der Waals surface area contributed by atoms with Crippen LogP contribution in [0.1, 0.15) is 46.6 Å². The quantitative estimate of drug-likeness (QED) is 0.448. The Hall–Kier alpha value is -3.48. The maximum absolute atomic E-state index is 9.10. The van der Waals surface area contributed by atoms with Crippen LogP contribution in [0.3, 0.4) is 0 Å². The van der Waals surface area contributed by atoms with Crippen LogP contribution < -0.4 is 0 Å². The molecule has 3 heterocycles. The van der Waals surface area contributed by atoms with Crippen molar-refractivity contribution < 1.29 is 24.5 Å². The molecular weight excluding hydrogens is 466 g/mol. The molecule has 3 fully saturated rings. The monoisotopic (exact) mass is 501 g/mol. The van der Waals surface area contributed by atoms with Crippen molar-refractivity contribution in [2.45, 2.75) is 51.4 Å². The molecule has 0 aliphatic carbocycles. The molecule has 6 heteroatoms. The summed E-state index contributed by atoms with van der Waals surface area (Å²) in [6.45, 7) is 7.43. The van der Waals surface area contributed by atoms with E-state index in [1.54, 1.807) is 0 Å². The van der Waals surface area contributed by atoms with Gasteiger partial charge in [-0.1, -0.05) is 90.0 Å². The van der Waals surface area contributed by atoms with Crippen molar-refractivity contribution in [3.8, 4) is 0 Å². The summed E-state index contributed by atoms with van der Waals surface area (Å²) >= 11 is 0. The molecule has 3 aromatic rings. The number of aryl methyl sites for hydroxylation is 2. The summed E-state index contributed by atoms with van der Waals surface area (Å²) < 4.78 is 6.81. The van der Waals surface area contributed by atoms with Crippen molar-refractivity contribution in [1.82, 2.24) is 4.90 Å². The molecule has 2 N–H and O–H groups in total. The topological polar surface area (TPSA) is 87.1 Å². The molecule has 2 unspecified atom stereocenters. The Labute approximate surface area is 218 Å². The Balaban J connectivity index is 0.000000480. The number of aliphatic carboxylic acids is 2. The molecule has 6 rings (SSSR count). The van der Waals surface area contributed by atoms with E-state index in [1.165, 1.54) is 53.7 Å². The van der Waals surface area contributed by atoms with Crippen molar-refractivity contribution in [2.24, 2.45) is 5.92 Å². The zero-order chi connectivity index (χ0) is 26.4. The normalized spacial score (nSPS) is 22.2. The number of carbonyl (C=O) groups is 2. The number of piperidine rings is 3. The van der Waals surface area contributed by atoms with Gasteiger partial charge in [0.15, 0.2) is 0 Å². The maximum atomic E-state index is 9.10. The fourth-order valence-electron chi connectivity index (χ4n) is 5.92. The second kappa shape index (κ2) is 12.2. The van der Waals surface area contributed by atoms with Gasteiger partial charge in [-0.25, -0.2) is 9.59 Å². The van der Waals surface area contributed by atoms with Gasteiger partial charge in [0.2, 0.25) is 0 Å². The lowest BCUT2D eigenvalue weighted by Crippen LogP contribution is -2.60. The lowest BCUT2D eigenvalue weighted by molar-refractivity contribution is -0.159. The molecule has 194 valence electrons. The van der Waals surface area contributed by atoms with Crippen molar-refractivity contribution in [3.63, 3.8) is 0 Å². The van der Waals surface area contributed by atoms with Crippen LogP contribution in [0.15, 0.2) is 78.9 Å². The summed E-state index contributed by atoms with van der Waals surface area (Å²) in [5.74, 6) is -2.67. The van der Waals surface area contributed by atoms with Gasteiger partial charge in [-0.05, 0) is 62.4 Å². The lowest BCUT2D eigenvalue weighted by atomic mass is 9.72. The number of benzene rings is 3. The van der Waals surface area contributed by atoms with E-state index in [1.807, 2.05) is 0 Å². The van der Waals surface area contributed by atoms with Crippen LogP contribution in [0.4, 0.5) is 0 Å². The Morgan fingerprint density at radius 3 is 1.78 bits per heavy atom. The predicted octanol–water partition coefficient (Wildman–Crippen LogP) is 5.27. The SMILES string of the molecule is Cc1cc(C)cc(COC2C3CCN(CC3)C2C(c2ccccc2)c2ccccc2)c1.O=C(O)C(=O)O. The number of nitrogens with zero attached hydrogens (tertiary/aromatic N) is 1. The van der Waals surface area contributed by atoms with Gasteiger partial charge in [-0.2, -0.15) is 0 Å². The zero-order valence-corrected chi connectivity index (χ0v) is 21.4. The average Bonchev–Trinajstić information content (AvgIpc) is 2.90. The highest BCUT2D eigenvalue weighted by molar-refractivity contribution is 6.27. The summed E-state index contributed by atoms with van der Waals surface area (Å²) in [5, 5.41) is 14.8. The second-order valence-electron chi connectivity index (χ2n) is 10.0. The highest BCUT2D eigenvalue weighted by Crippen LogP contribution is 2.43. The first-order valence-electron chi connectivity index (χ1n) is 12.8. The van der Waals surface area contributed by atoms with Crippen molar-refractivity contribution in [3.05, 3.63) is 107 Å². The number of fused-ring (bicyclic) bond motifs is 3. The Morgan fingerprint density at radius 2 is 1.32 bits per heavy atom. The number of carboxylic acid groups (broad SMARTS) is 2. The number of carboxylic acids is 2. The molecule has 3 saturated heterocycles. The van der Waals surface area contributed by atoms with E-state index < -0.39 is 11.9 Å². The van der Waals surface area contributed by atoms with E-state index in [0.29, 0.717) is 24.5 Å². The van der Waals surface area contributed by atoms with Crippen LogP contribution in [-0.2, 0) is 20.9 Å². The fourth-order valence-corrected chi connectivity index (χ4v) is 5.92. The van der Waals surface area contributed by atoms with Gasteiger partial charge in [0.05, 0.1) is 12.7 Å². The van der Waals surface area contributed by atoms with Gasteiger partial charge in [0.1, 0.15) is 0 Å². The molecule has 0 spiro atoms. The summed E-state index contributed by atoms with van der Waals surface area (Å²) in [5.41, 5.74) is 6.71. The second-order valence-corrected chi connectivity index (χ2v) is 10.0. The van der Waals surface area contributed by atoms with E-state index in [9.17, 15) is 0 Å². The number of rotatable bonds is 6. The van der Waals surface area contributed by atoms with Crippen LogP contribution in [0.5, 0.6) is 0 Å². The summed E-state index contributed by atoms with van der Waals surface area (Å²) in [7, 11) is 0. The highest BCUT2D eigenvalue weighted by atomic mass is 16.5. The molecule has 37 heavy (non-hydrogen) atoms. The molecule has 0 aromatic heterocycles. The van der Waals surface area contributed by atoms with Crippen LogP contribution in [0, 0.1) is 19.8 Å². The summed E-state index contributed by atoms with van der Waals surface area (Å²) in [6, 6.07) is 29.3. The number of ether oxygens (including phenoxy) is 1. The highest BCUT2D eigenvalue weighted by Gasteiger charge is 2.47. The van der Waals surface area contributed by atoms with Gasteiger partial charge in [0.25, 0.3) is 0 Å². The number of hydrogen-bond acceptors (Lipinski definition) is 4. The first kappa shape index (κ1) is 26.6. The third-order valence-corrected chi connectivity index (χ3v) is 7.36. The molecule has 3 aliphatic rings. The molecule has 0 radical (unpaired) electrons. The molecule has 0 saturated carbocycles. The van der Waals surface area contributed by atoms with Crippen LogP contribution in [0.25, 0.3) is 0 Å². The van der Waals surface area contributed by atoms with E-state index in [0.717, 1.165) is 0 Å². The van der Waals surface area contributed by atoms with Crippen molar-refractivity contribution in [2.75, 3.05) is 13.1 Å². The third-order valence-electron chi connectivity index (χ3n) is 7.36. The van der Waals surface area contributed by atoms with Gasteiger partial charge >= 0.3 is 11.9 Å². The summed E-state index contributed by atoms with van der Waals surface area (Å²) in [6.07, 6.45) is 2.77. The fraction of sp³-hybridized carbons (Fsp3) is 0.355. The third kappa shape index (κ3) is 6.64. The molecule has 2 atom stereocenters. The summed E-state index contributed by atoms with van der Waals surface area (Å²) in [4.78, 5) is 20.9. The Bertz CT molecular complexity index is 1120. The van der Waals surface area contributed by atoms with Gasteiger partial charge < -0.3 is 14.9 Å². The van der Waals surface area contributed by atoms with Crippen LogP contribution in [0.2, 0.25) is 0 Å². The lowest BCUT2D eigenvalue weighted by Gasteiger charge is -2.53. The smallest absolute Gasteiger partial charge is 0.414 e. The van der Waals surface area contributed by atoms with Crippen molar-refractivity contribution >= 4 is 11.9 Å². The largest absolute Gasteiger partial charge is 0.473 e. The molecule has 3 aromatic carbocycles. The molecule has 3 aliphatic heterocycles. The minimum atomic E-state index is -1.82. The van der Waals surface area contributed by atoms with Crippen molar-refractivity contribution in [1.29, 1.82) is 0 Å². The molecule has 6 nitrogen and oxygen atoms in total. The standard InChI is InChI=1S/C29H33NO.C2H2O4/c1-21-17-22(2)19-23(18-21)20-31-29-26-13-15-30(16-14-26)28(29)27(24-9-5-3-6-10-24)25-11-7-4-8-12-25;3-1(4)2(5)6/h3-12,17-19,26-29H,13-16,20H2,1-2H3;(H,3,4)(H,5,6). The Morgan fingerprint density at radius 1 is 0.838 bits per heavy atom. The van der Waals surface area contributed by atoms with E-state index in [-0.39, 0.29) is 6.10 Å². The minimum absolute atomic E-state index is 0.258. The molecule has 0 amide bonds. The number of hydrogen-bond donors (Lipinski definition) is 2. The van der Waals surface area contributed by atoms with Gasteiger partial charge in [0, 0.05) is 12.0 Å². The average molecular weight is 502 g/mol. The minimum Gasteiger partial charge on any atom is -0.473 e. The zero-order valence-electron chi connectivity index (χ0n) is 21.4. The first-order valence-corrected chi connectivity index (χ1v) is 12.8. The molecular formula is C31H35NO5. The molecule has 2 bridgehead atoms. The van der Waals surface area contributed by atoms with Gasteiger partial charge in [-0.3, -0.25) is 4.90 Å². The van der Waals surface area contributed by atoms with E-state index in [2.05, 4.69) is 97.6 Å². The van der Waals surface area contributed by atoms with E-state index in [4.69, 9.17) is 24.5 Å². The Kier molecular flexibility index (Phi) is 8.74. The predicted molar refractivity (Wildman–Crippen MR) is 143 cm³/mol. The van der Waals surface area contributed by atoms with E-state index >= 15 is 0 Å².